The summed E-state index contributed by atoms with van der Waals surface area (Å²) < 4.78 is 9.62. The van der Waals surface area contributed by atoms with E-state index in [1.807, 2.05) is 0 Å². The van der Waals surface area contributed by atoms with Crippen molar-refractivity contribution in [1.29, 1.82) is 0 Å². The Morgan fingerprint density at radius 3 is 1.93 bits per heavy atom. The van der Waals surface area contributed by atoms with Crippen LogP contribution in [0.4, 0.5) is 0 Å². The lowest BCUT2D eigenvalue weighted by atomic mass is 10.1. The SMILES string of the molecule is COC(O)(CCCCCCCO)OC. The minimum atomic E-state index is -1.42. The first-order valence-corrected chi connectivity index (χ1v) is 5.12. The van der Waals surface area contributed by atoms with Gasteiger partial charge in [-0.05, 0) is 12.8 Å². The highest BCUT2D eigenvalue weighted by Gasteiger charge is 2.24. The first kappa shape index (κ1) is 13.8. The topological polar surface area (TPSA) is 58.9 Å². The van der Waals surface area contributed by atoms with Crippen LogP contribution in [-0.4, -0.2) is 37.0 Å². The van der Waals surface area contributed by atoms with Crippen LogP contribution >= 0.6 is 0 Å². The average Bonchev–Trinajstić information content (AvgIpc) is 2.23. The van der Waals surface area contributed by atoms with Gasteiger partial charge in [-0.15, -0.1) is 0 Å². The lowest BCUT2D eigenvalue weighted by Gasteiger charge is -2.23. The van der Waals surface area contributed by atoms with Crippen molar-refractivity contribution in [3.8, 4) is 0 Å². The van der Waals surface area contributed by atoms with E-state index in [2.05, 4.69) is 0 Å². The Balaban J connectivity index is 3.34. The van der Waals surface area contributed by atoms with Gasteiger partial charge in [0.25, 0.3) is 5.97 Å². The molecule has 0 heterocycles. The van der Waals surface area contributed by atoms with Gasteiger partial charge in [0.2, 0.25) is 0 Å². The van der Waals surface area contributed by atoms with Crippen LogP contribution in [0.3, 0.4) is 0 Å². The molecule has 0 aromatic heterocycles. The number of hydrogen-bond donors (Lipinski definition) is 2. The van der Waals surface area contributed by atoms with Gasteiger partial charge in [-0.25, -0.2) is 0 Å². The van der Waals surface area contributed by atoms with Crippen molar-refractivity contribution in [3.05, 3.63) is 0 Å². The quantitative estimate of drug-likeness (QED) is 0.440. The minimum absolute atomic E-state index is 0.264. The first-order chi connectivity index (χ1) is 6.68. The van der Waals surface area contributed by atoms with Crippen molar-refractivity contribution >= 4 is 0 Å². The summed E-state index contributed by atoms with van der Waals surface area (Å²) in [5, 5.41) is 18.1. The molecule has 4 nitrogen and oxygen atoms in total. The summed E-state index contributed by atoms with van der Waals surface area (Å²) >= 11 is 0. The second kappa shape index (κ2) is 8.17. The van der Waals surface area contributed by atoms with E-state index in [0.717, 1.165) is 32.1 Å². The van der Waals surface area contributed by atoms with E-state index in [1.165, 1.54) is 14.2 Å². The second-order valence-corrected chi connectivity index (χ2v) is 3.36. The highest BCUT2D eigenvalue weighted by molar-refractivity contribution is 4.54. The molecule has 14 heavy (non-hydrogen) atoms. The summed E-state index contributed by atoms with van der Waals surface area (Å²) in [5.41, 5.74) is 0. The molecule has 0 aromatic rings. The summed E-state index contributed by atoms with van der Waals surface area (Å²) in [6.07, 6.45) is 5.34. The van der Waals surface area contributed by atoms with Gasteiger partial charge in [0.05, 0.1) is 0 Å². The Bertz CT molecular complexity index is 123. The number of aliphatic hydroxyl groups excluding tert-OH is 1. The van der Waals surface area contributed by atoms with Gasteiger partial charge >= 0.3 is 0 Å². The molecule has 0 unspecified atom stereocenters. The molecular formula is C10H22O4. The van der Waals surface area contributed by atoms with Crippen LogP contribution in [0.2, 0.25) is 0 Å². The molecule has 0 aliphatic rings. The highest BCUT2D eigenvalue weighted by atomic mass is 16.8. The van der Waals surface area contributed by atoms with Crippen molar-refractivity contribution in [3.63, 3.8) is 0 Å². The fourth-order valence-electron chi connectivity index (χ4n) is 1.28. The third kappa shape index (κ3) is 6.32. The monoisotopic (exact) mass is 206 g/mol. The van der Waals surface area contributed by atoms with Gasteiger partial charge in [0.1, 0.15) is 0 Å². The third-order valence-electron chi connectivity index (χ3n) is 2.29. The number of methoxy groups -OCH3 is 2. The summed E-state index contributed by atoms with van der Waals surface area (Å²) in [6, 6.07) is 0. The van der Waals surface area contributed by atoms with Crippen LogP contribution in [-0.2, 0) is 9.47 Å². The second-order valence-electron chi connectivity index (χ2n) is 3.36. The van der Waals surface area contributed by atoms with E-state index in [1.54, 1.807) is 0 Å². The molecule has 86 valence electrons. The van der Waals surface area contributed by atoms with Gasteiger partial charge in [0, 0.05) is 27.2 Å². The Hall–Kier alpha value is -0.160. The summed E-state index contributed by atoms with van der Waals surface area (Å²) in [5.74, 6) is -1.42. The van der Waals surface area contributed by atoms with Gasteiger partial charge in [-0.2, -0.15) is 0 Å². The van der Waals surface area contributed by atoms with E-state index in [-0.39, 0.29) is 6.61 Å². The minimum Gasteiger partial charge on any atom is -0.396 e. The molecular weight excluding hydrogens is 184 g/mol. The van der Waals surface area contributed by atoms with Crippen molar-refractivity contribution in [2.75, 3.05) is 20.8 Å². The summed E-state index contributed by atoms with van der Waals surface area (Å²) in [7, 11) is 2.85. The molecule has 2 N–H and O–H groups in total. The maximum absolute atomic E-state index is 9.55. The molecule has 0 aliphatic heterocycles. The molecule has 0 aromatic carbocycles. The van der Waals surface area contributed by atoms with Crippen molar-refractivity contribution in [2.24, 2.45) is 0 Å². The Labute approximate surface area is 85.8 Å². The lowest BCUT2D eigenvalue weighted by Crippen LogP contribution is -2.32. The number of ether oxygens (including phenoxy) is 2. The molecule has 0 rings (SSSR count). The number of hydrogen-bond acceptors (Lipinski definition) is 4. The van der Waals surface area contributed by atoms with Crippen molar-refractivity contribution < 1.29 is 19.7 Å². The van der Waals surface area contributed by atoms with Crippen LogP contribution < -0.4 is 0 Å². The van der Waals surface area contributed by atoms with Gasteiger partial charge < -0.3 is 19.7 Å². The Kier molecular flexibility index (Phi) is 8.08. The molecule has 0 aliphatic carbocycles. The van der Waals surface area contributed by atoms with Gasteiger partial charge in [0.15, 0.2) is 0 Å². The Morgan fingerprint density at radius 2 is 1.43 bits per heavy atom. The Morgan fingerprint density at radius 1 is 0.929 bits per heavy atom. The maximum atomic E-state index is 9.55. The van der Waals surface area contributed by atoms with Crippen molar-refractivity contribution in [1.82, 2.24) is 0 Å². The fraction of sp³-hybridized carbons (Fsp3) is 1.00. The third-order valence-corrected chi connectivity index (χ3v) is 2.29. The molecule has 0 saturated heterocycles. The number of rotatable bonds is 9. The zero-order chi connectivity index (χ0) is 10.9. The van der Waals surface area contributed by atoms with Crippen LogP contribution in [0.15, 0.2) is 0 Å². The molecule has 0 radical (unpaired) electrons. The van der Waals surface area contributed by atoms with E-state index in [0.29, 0.717) is 6.42 Å². The van der Waals surface area contributed by atoms with Crippen LogP contribution in [0.25, 0.3) is 0 Å². The highest BCUT2D eigenvalue weighted by Crippen LogP contribution is 2.17. The number of aliphatic hydroxyl groups is 2. The molecule has 0 saturated carbocycles. The standard InChI is InChI=1S/C10H22O4/c1-13-10(12,14-2)8-6-4-3-5-7-9-11/h11-12H,3-9H2,1-2H3. The summed E-state index contributed by atoms with van der Waals surface area (Å²) in [6.45, 7) is 0.264. The molecule has 0 amide bonds. The van der Waals surface area contributed by atoms with E-state index in [4.69, 9.17) is 14.6 Å². The van der Waals surface area contributed by atoms with E-state index >= 15 is 0 Å². The van der Waals surface area contributed by atoms with E-state index < -0.39 is 5.97 Å². The molecule has 0 spiro atoms. The van der Waals surface area contributed by atoms with E-state index in [9.17, 15) is 5.11 Å². The summed E-state index contributed by atoms with van der Waals surface area (Å²) in [4.78, 5) is 0. The lowest BCUT2D eigenvalue weighted by molar-refractivity contribution is -0.342. The fourth-order valence-corrected chi connectivity index (χ4v) is 1.28. The molecule has 0 atom stereocenters. The smallest absolute Gasteiger partial charge is 0.279 e. The van der Waals surface area contributed by atoms with Gasteiger partial charge in [-0.1, -0.05) is 19.3 Å². The van der Waals surface area contributed by atoms with Crippen molar-refractivity contribution in [2.45, 2.75) is 44.5 Å². The zero-order valence-electron chi connectivity index (χ0n) is 9.16. The largest absolute Gasteiger partial charge is 0.396 e. The zero-order valence-corrected chi connectivity index (χ0v) is 9.16. The first-order valence-electron chi connectivity index (χ1n) is 5.12. The molecule has 0 bridgehead atoms. The number of unbranched alkanes of at least 4 members (excludes halogenated alkanes) is 4. The average molecular weight is 206 g/mol. The normalized spacial score (nSPS) is 12.0. The predicted molar refractivity (Wildman–Crippen MR) is 53.8 cm³/mol. The van der Waals surface area contributed by atoms with Gasteiger partial charge in [-0.3, -0.25) is 0 Å². The predicted octanol–water partition coefficient (Wildman–Crippen LogP) is 1.26. The molecule has 0 fully saturated rings. The molecule has 4 heteroatoms. The maximum Gasteiger partial charge on any atom is 0.279 e. The van der Waals surface area contributed by atoms with Crippen LogP contribution in [0.5, 0.6) is 0 Å². The van der Waals surface area contributed by atoms with Crippen LogP contribution in [0.1, 0.15) is 38.5 Å². The van der Waals surface area contributed by atoms with Crippen LogP contribution in [0, 0.1) is 0 Å².